The van der Waals surface area contributed by atoms with E-state index in [0.717, 1.165) is 23.2 Å². The third-order valence-electron chi connectivity index (χ3n) is 5.65. The van der Waals surface area contributed by atoms with Crippen molar-refractivity contribution in [1.82, 2.24) is 15.1 Å². The Bertz CT molecular complexity index is 989. The van der Waals surface area contributed by atoms with Gasteiger partial charge in [-0.05, 0) is 29.7 Å². The van der Waals surface area contributed by atoms with E-state index in [9.17, 15) is 9.59 Å². The van der Waals surface area contributed by atoms with E-state index in [2.05, 4.69) is 5.32 Å². The molecule has 1 N–H and O–H groups in total. The maximum atomic E-state index is 13.2. The number of hydrogen-bond acceptors (Lipinski definition) is 4. The van der Waals surface area contributed by atoms with Crippen molar-refractivity contribution in [2.24, 2.45) is 0 Å². The van der Waals surface area contributed by atoms with E-state index in [1.165, 1.54) is 4.90 Å². The molecule has 2 heterocycles. The molecule has 0 spiro atoms. The van der Waals surface area contributed by atoms with Crippen LogP contribution in [0, 0.1) is 0 Å². The van der Waals surface area contributed by atoms with Gasteiger partial charge in [0.05, 0.1) is 23.9 Å². The quantitative estimate of drug-likeness (QED) is 0.665. The highest BCUT2D eigenvalue weighted by Gasteiger charge is 2.42. The van der Waals surface area contributed by atoms with Crippen LogP contribution in [-0.4, -0.2) is 55.6 Å². The molecule has 0 fully saturated rings. The number of carbonyl (C=O) groups excluding carboxylic acids is 2. The van der Waals surface area contributed by atoms with E-state index >= 15 is 0 Å². The van der Waals surface area contributed by atoms with E-state index in [1.807, 2.05) is 54.6 Å². The summed E-state index contributed by atoms with van der Waals surface area (Å²) in [5.74, 6) is 0.651. The molecule has 1 atom stereocenters. The molecule has 4 rings (SSSR count). The lowest BCUT2D eigenvalue weighted by Crippen LogP contribution is -2.45. The van der Waals surface area contributed by atoms with Crippen molar-refractivity contribution in [2.75, 3.05) is 33.9 Å². The predicted molar refractivity (Wildman–Crippen MR) is 116 cm³/mol. The molecule has 2 aromatic carbocycles. The van der Waals surface area contributed by atoms with Crippen molar-refractivity contribution in [3.63, 3.8) is 0 Å². The molecule has 0 aliphatic carbocycles. The Morgan fingerprint density at radius 3 is 2.68 bits per heavy atom. The number of amides is 3. The normalized spacial score (nSPS) is 18.3. The zero-order valence-electron chi connectivity index (χ0n) is 17.8. The molecule has 2 aromatic rings. The van der Waals surface area contributed by atoms with Crippen molar-refractivity contribution >= 4 is 11.9 Å². The second kappa shape index (κ2) is 9.22. The van der Waals surface area contributed by atoms with Crippen LogP contribution >= 0.6 is 0 Å². The molecule has 1 unspecified atom stereocenters. The minimum absolute atomic E-state index is 0.0430. The standard InChI is InChI=1S/C24H27N3O4/c1-26-20-15-27(12-7-13-30-2)23(28)21(20)22(25-24(26)29)18-10-6-11-19(14-18)31-16-17-8-4-3-5-9-17/h3-6,8-11,14,22H,7,12-13,15-16H2,1-2H3,(H,25,29). The summed E-state index contributed by atoms with van der Waals surface area (Å²) in [7, 11) is 3.35. The van der Waals surface area contributed by atoms with Crippen LogP contribution in [0.2, 0.25) is 0 Å². The summed E-state index contributed by atoms with van der Waals surface area (Å²) in [6.45, 7) is 2.06. The van der Waals surface area contributed by atoms with Crippen molar-refractivity contribution in [2.45, 2.75) is 19.1 Å². The number of ether oxygens (including phenoxy) is 2. The van der Waals surface area contributed by atoms with Gasteiger partial charge in [-0.2, -0.15) is 0 Å². The predicted octanol–water partition coefficient (Wildman–Crippen LogP) is 3.09. The number of methoxy groups -OCH3 is 1. The number of urea groups is 1. The molecule has 162 valence electrons. The van der Waals surface area contributed by atoms with Gasteiger partial charge in [0.25, 0.3) is 5.91 Å². The Kier molecular flexibility index (Phi) is 6.23. The lowest BCUT2D eigenvalue weighted by atomic mass is 9.95. The highest BCUT2D eigenvalue weighted by Crippen LogP contribution is 2.36. The summed E-state index contributed by atoms with van der Waals surface area (Å²) in [5.41, 5.74) is 3.28. The van der Waals surface area contributed by atoms with Gasteiger partial charge in [0.2, 0.25) is 0 Å². The van der Waals surface area contributed by atoms with Gasteiger partial charge in [-0.1, -0.05) is 42.5 Å². The maximum Gasteiger partial charge on any atom is 0.322 e. The first-order valence-corrected chi connectivity index (χ1v) is 10.4. The molecular formula is C24H27N3O4. The molecule has 0 radical (unpaired) electrons. The van der Waals surface area contributed by atoms with Crippen LogP contribution in [0.25, 0.3) is 0 Å². The third kappa shape index (κ3) is 4.41. The smallest absolute Gasteiger partial charge is 0.322 e. The minimum Gasteiger partial charge on any atom is -0.489 e. The Morgan fingerprint density at radius 2 is 1.90 bits per heavy atom. The summed E-state index contributed by atoms with van der Waals surface area (Å²) in [6.07, 6.45) is 0.751. The molecule has 7 nitrogen and oxygen atoms in total. The number of benzene rings is 2. The molecule has 0 bridgehead atoms. The van der Waals surface area contributed by atoms with Crippen molar-refractivity contribution in [1.29, 1.82) is 0 Å². The highest BCUT2D eigenvalue weighted by molar-refractivity contribution is 6.01. The summed E-state index contributed by atoms with van der Waals surface area (Å²) < 4.78 is 11.1. The molecule has 7 heteroatoms. The van der Waals surface area contributed by atoms with Gasteiger partial charge in [0.15, 0.2) is 0 Å². The molecule has 0 saturated carbocycles. The van der Waals surface area contributed by atoms with Gasteiger partial charge in [-0.25, -0.2) is 4.79 Å². The number of nitrogens with one attached hydrogen (secondary N) is 1. The van der Waals surface area contributed by atoms with Crippen molar-refractivity contribution < 1.29 is 19.1 Å². The van der Waals surface area contributed by atoms with E-state index in [4.69, 9.17) is 9.47 Å². The first-order valence-electron chi connectivity index (χ1n) is 10.4. The van der Waals surface area contributed by atoms with Crippen LogP contribution in [0.15, 0.2) is 65.9 Å². The molecule has 31 heavy (non-hydrogen) atoms. The van der Waals surface area contributed by atoms with Crippen LogP contribution < -0.4 is 10.1 Å². The first kappa shape index (κ1) is 20.9. The summed E-state index contributed by atoms with van der Waals surface area (Å²) in [5, 5.41) is 2.97. The van der Waals surface area contributed by atoms with Crippen LogP contribution in [0.3, 0.4) is 0 Å². The van der Waals surface area contributed by atoms with Gasteiger partial charge in [-0.3, -0.25) is 9.69 Å². The fourth-order valence-corrected chi connectivity index (χ4v) is 3.98. The Labute approximate surface area is 182 Å². The highest BCUT2D eigenvalue weighted by atomic mass is 16.5. The molecule has 2 aliphatic heterocycles. The SMILES string of the molecule is COCCCN1CC2=C(C1=O)C(c1cccc(OCc3ccccc3)c1)NC(=O)N2C. The van der Waals surface area contributed by atoms with Crippen LogP contribution in [0.1, 0.15) is 23.6 Å². The van der Waals surface area contributed by atoms with E-state index in [-0.39, 0.29) is 11.9 Å². The second-order valence-corrected chi connectivity index (χ2v) is 7.72. The van der Waals surface area contributed by atoms with E-state index in [1.54, 1.807) is 19.1 Å². The number of hydrogen-bond donors (Lipinski definition) is 1. The third-order valence-corrected chi connectivity index (χ3v) is 5.65. The number of likely N-dealkylation sites (N-methyl/N-ethyl adjacent to an activating group) is 1. The number of carbonyl (C=O) groups is 2. The fourth-order valence-electron chi connectivity index (χ4n) is 3.98. The monoisotopic (exact) mass is 421 g/mol. The summed E-state index contributed by atoms with van der Waals surface area (Å²) in [4.78, 5) is 29.1. The van der Waals surface area contributed by atoms with Gasteiger partial charge >= 0.3 is 6.03 Å². The number of nitrogens with zero attached hydrogens (tertiary/aromatic N) is 2. The maximum absolute atomic E-state index is 13.2. The van der Waals surface area contributed by atoms with Crippen LogP contribution in [0.4, 0.5) is 4.79 Å². The molecular weight excluding hydrogens is 394 g/mol. The van der Waals surface area contributed by atoms with Gasteiger partial charge in [0.1, 0.15) is 12.4 Å². The Morgan fingerprint density at radius 1 is 1.10 bits per heavy atom. The van der Waals surface area contributed by atoms with Gasteiger partial charge in [-0.15, -0.1) is 0 Å². The molecule has 0 aromatic heterocycles. The number of rotatable bonds is 8. The summed E-state index contributed by atoms with van der Waals surface area (Å²) >= 11 is 0. The van der Waals surface area contributed by atoms with Gasteiger partial charge < -0.3 is 19.7 Å². The van der Waals surface area contributed by atoms with Crippen molar-refractivity contribution in [3.05, 3.63) is 77.0 Å². The second-order valence-electron chi connectivity index (χ2n) is 7.72. The lowest BCUT2D eigenvalue weighted by molar-refractivity contribution is -0.125. The Balaban J connectivity index is 1.55. The minimum atomic E-state index is -0.501. The zero-order valence-corrected chi connectivity index (χ0v) is 17.8. The topological polar surface area (TPSA) is 71.1 Å². The largest absolute Gasteiger partial charge is 0.489 e. The Hall–Kier alpha value is -3.32. The lowest BCUT2D eigenvalue weighted by Gasteiger charge is -2.31. The first-order chi connectivity index (χ1) is 15.1. The molecule has 0 saturated heterocycles. The zero-order chi connectivity index (χ0) is 21.8. The van der Waals surface area contributed by atoms with Gasteiger partial charge in [0, 0.05) is 27.3 Å². The van der Waals surface area contributed by atoms with E-state index in [0.29, 0.717) is 37.6 Å². The van der Waals surface area contributed by atoms with E-state index < -0.39 is 6.04 Å². The average molecular weight is 421 g/mol. The molecule has 3 amide bonds. The van der Waals surface area contributed by atoms with Crippen molar-refractivity contribution in [3.8, 4) is 5.75 Å². The average Bonchev–Trinajstić information content (AvgIpc) is 3.12. The summed E-state index contributed by atoms with van der Waals surface area (Å²) in [6, 6.07) is 16.8. The van der Waals surface area contributed by atoms with Crippen LogP contribution in [-0.2, 0) is 16.1 Å². The van der Waals surface area contributed by atoms with Crippen LogP contribution in [0.5, 0.6) is 5.75 Å². The molecule has 2 aliphatic rings. The fraction of sp³-hybridized carbons (Fsp3) is 0.333.